The number of thiol groups is 1. The number of carbonyl (C=O) groups excluding carboxylic acids is 1. The lowest BCUT2D eigenvalue weighted by Crippen LogP contribution is -2.12. The molecule has 0 heterocycles. The van der Waals surface area contributed by atoms with Crippen molar-refractivity contribution in [2.45, 2.75) is 22.5 Å². The number of ketones is 1. The summed E-state index contributed by atoms with van der Waals surface area (Å²) in [6.07, 6.45) is 0. The maximum absolute atomic E-state index is 11.7. The van der Waals surface area contributed by atoms with E-state index in [0.717, 1.165) is 10.5 Å². The van der Waals surface area contributed by atoms with Crippen molar-refractivity contribution >= 4 is 45.9 Å². The SMILES string of the molecule is CC(Cl)C(=O)c1cc(S)ccc1CBr. The quantitative estimate of drug-likeness (QED) is 0.511. The lowest BCUT2D eigenvalue weighted by Gasteiger charge is -2.08. The minimum absolute atomic E-state index is 0.0583. The van der Waals surface area contributed by atoms with Crippen LogP contribution in [0.1, 0.15) is 22.8 Å². The summed E-state index contributed by atoms with van der Waals surface area (Å²) in [6.45, 7) is 1.67. The van der Waals surface area contributed by atoms with Crippen LogP contribution in [0.2, 0.25) is 0 Å². The third-order valence-corrected chi connectivity index (χ3v) is 2.94. The molecule has 0 bridgehead atoms. The fourth-order valence-electron chi connectivity index (χ4n) is 1.12. The van der Waals surface area contributed by atoms with Crippen LogP contribution in [0.4, 0.5) is 0 Å². The van der Waals surface area contributed by atoms with E-state index in [1.54, 1.807) is 13.0 Å². The summed E-state index contributed by atoms with van der Waals surface area (Å²) in [4.78, 5) is 12.5. The average Bonchev–Trinajstić information content (AvgIpc) is 2.16. The third kappa shape index (κ3) is 2.75. The second kappa shape index (κ2) is 5.19. The number of Topliss-reactive ketones (excluding diaryl/α,β-unsaturated/α-hetero) is 1. The first kappa shape index (κ1) is 12.1. The first-order valence-electron chi connectivity index (χ1n) is 4.12. The van der Waals surface area contributed by atoms with Gasteiger partial charge in [0, 0.05) is 15.8 Å². The first-order chi connectivity index (χ1) is 6.56. The van der Waals surface area contributed by atoms with Crippen LogP contribution in [-0.4, -0.2) is 11.2 Å². The molecule has 1 rings (SSSR count). The molecule has 14 heavy (non-hydrogen) atoms. The maximum Gasteiger partial charge on any atom is 0.180 e. The molecule has 0 aliphatic carbocycles. The Balaban J connectivity index is 3.17. The molecule has 0 fully saturated rings. The van der Waals surface area contributed by atoms with Crippen molar-refractivity contribution in [1.82, 2.24) is 0 Å². The Morgan fingerprint density at radius 2 is 2.29 bits per heavy atom. The monoisotopic (exact) mass is 292 g/mol. The zero-order valence-electron chi connectivity index (χ0n) is 7.63. The predicted octanol–water partition coefficient (Wildman–Crippen LogP) is 3.68. The third-order valence-electron chi connectivity index (χ3n) is 1.86. The van der Waals surface area contributed by atoms with Crippen molar-refractivity contribution in [1.29, 1.82) is 0 Å². The van der Waals surface area contributed by atoms with E-state index in [0.29, 0.717) is 10.9 Å². The fraction of sp³-hybridized carbons (Fsp3) is 0.300. The van der Waals surface area contributed by atoms with Crippen molar-refractivity contribution in [3.8, 4) is 0 Å². The molecule has 0 aromatic heterocycles. The molecule has 0 spiro atoms. The fourth-order valence-corrected chi connectivity index (χ4v) is 1.93. The Morgan fingerprint density at radius 3 is 2.79 bits per heavy atom. The van der Waals surface area contributed by atoms with Gasteiger partial charge in [0.15, 0.2) is 5.78 Å². The number of benzene rings is 1. The minimum Gasteiger partial charge on any atom is -0.293 e. The Kier molecular flexibility index (Phi) is 4.48. The van der Waals surface area contributed by atoms with Crippen LogP contribution in [0, 0.1) is 0 Å². The molecule has 1 aromatic rings. The van der Waals surface area contributed by atoms with Crippen LogP contribution < -0.4 is 0 Å². The lowest BCUT2D eigenvalue weighted by molar-refractivity contribution is 0.0991. The van der Waals surface area contributed by atoms with Gasteiger partial charge >= 0.3 is 0 Å². The Labute approximate surface area is 102 Å². The van der Waals surface area contributed by atoms with Crippen LogP contribution in [-0.2, 0) is 5.33 Å². The van der Waals surface area contributed by atoms with Crippen molar-refractivity contribution in [3.63, 3.8) is 0 Å². The topological polar surface area (TPSA) is 17.1 Å². The van der Waals surface area contributed by atoms with E-state index in [-0.39, 0.29) is 5.78 Å². The van der Waals surface area contributed by atoms with Gasteiger partial charge in [0.05, 0.1) is 5.38 Å². The molecular formula is C10H10BrClOS. The van der Waals surface area contributed by atoms with E-state index in [9.17, 15) is 4.79 Å². The Morgan fingerprint density at radius 1 is 1.64 bits per heavy atom. The van der Waals surface area contributed by atoms with Gasteiger partial charge in [0.1, 0.15) is 0 Å². The molecule has 1 atom stereocenters. The van der Waals surface area contributed by atoms with E-state index in [1.807, 2.05) is 12.1 Å². The van der Waals surface area contributed by atoms with Gasteiger partial charge in [-0.25, -0.2) is 0 Å². The van der Waals surface area contributed by atoms with Crippen LogP contribution in [0.5, 0.6) is 0 Å². The highest BCUT2D eigenvalue weighted by Crippen LogP contribution is 2.20. The standard InChI is InChI=1S/C10H10BrClOS/c1-6(12)10(13)9-4-8(14)3-2-7(9)5-11/h2-4,6,14H,5H2,1H3. The van der Waals surface area contributed by atoms with Gasteiger partial charge in [0.2, 0.25) is 0 Å². The van der Waals surface area contributed by atoms with Crippen LogP contribution in [0.3, 0.4) is 0 Å². The van der Waals surface area contributed by atoms with Gasteiger partial charge in [-0.3, -0.25) is 4.79 Å². The zero-order chi connectivity index (χ0) is 10.7. The minimum atomic E-state index is -0.497. The van der Waals surface area contributed by atoms with E-state index in [2.05, 4.69) is 28.6 Å². The van der Waals surface area contributed by atoms with Gasteiger partial charge in [-0.15, -0.1) is 24.2 Å². The van der Waals surface area contributed by atoms with Crippen molar-refractivity contribution in [2.75, 3.05) is 0 Å². The molecular weight excluding hydrogens is 284 g/mol. The molecule has 0 aliphatic rings. The normalized spacial score (nSPS) is 12.6. The number of halogens is 2. The van der Waals surface area contributed by atoms with E-state index in [4.69, 9.17) is 11.6 Å². The highest BCUT2D eigenvalue weighted by Gasteiger charge is 2.15. The van der Waals surface area contributed by atoms with E-state index < -0.39 is 5.38 Å². The lowest BCUT2D eigenvalue weighted by atomic mass is 10.0. The smallest absolute Gasteiger partial charge is 0.180 e. The van der Waals surface area contributed by atoms with Gasteiger partial charge in [-0.1, -0.05) is 22.0 Å². The number of rotatable bonds is 3. The van der Waals surface area contributed by atoms with Crippen molar-refractivity contribution in [3.05, 3.63) is 29.3 Å². The van der Waals surface area contributed by atoms with Gasteiger partial charge in [-0.05, 0) is 24.6 Å². The molecule has 0 N–H and O–H groups in total. The predicted molar refractivity (Wildman–Crippen MR) is 66.0 cm³/mol. The molecule has 1 nitrogen and oxygen atoms in total. The summed E-state index contributed by atoms with van der Waals surface area (Å²) >= 11 is 13.3. The van der Waals surface area contributed by atoms with Crippen molar-refractivity contribution < 1.29 is 4.79 Å². The molecule has 0 aliphatic heterocycles. The second-order valence-electron chi connectivity index (χ2n) is 2.96. The number of carbonyl (C=O) groups is 1. The van der Waals surface area contributed by atoms with E-state index in [1.165, 1.54) is 0 Å². The Bertz CT molecular complexity index is 352. The zero-order valence-corrected chi connectivity index (χ0v) is 10.9. The van der Waals surface area contributed by atoms with Crippen LogP contribution >= 0.6 is 40.2 Å². The molecule has 4 heteroatoms. The van der Waals surface area contributed by atoms with Gasteiger partial charge in [0.25, 0.3) is 0 Å². The average molecular weight is 294 g/mol. The van der Waals surface area contributed by atoms with Crippen molar-refractivity contribution in [2.24, 2.45) is 0 Å². The summed E-state index contributed by atoms with van der Waals surface area (Å²) in [5.74, 6) is -0.0583. The molecule has 0 saturated carbocycles. The molecule has 1 aromatic carbocycles. The molecule has 76 valence electrons. The molecule has 0 radical (unpaired) electrons. The summed E-state index contributed by atoms with van der Waals surface area (Å²) in [5, 5.41) is 0.147. The Hall–Kier alpha value is 0.01000. The van der Waals surface area contributed by atoms with Gasteiger partial charge in [-0.2, -0.15) is 0 Å². The number of hydrogen-bond donors (Lipinski definition) is 1. The summed E-state index contributed by atoms with van der Waals surface area (Å²) < 4.78 is 0. The van der Waals surface area contributed by atoms with Crippen LogP contribution in [0.25, 0.3) is 0 Å². The largest absolute Gasteiger partial charge is 0.293 e. The summed E-state index contributed by atoms with van der Waals surface area (Å²) in [6, 6.07) is 5.49. The maximum atomic E-state index is 11.7. The molecule has 1 unspecified atom stereocenters. The number of hydrogen-bond acceptors (Lipinski definition) is 2. The summed E-state index contributed by atoms with van der Waals surface area (Å²) in [5.41, 5.74) is 1.59. The molecule has 0 amide bonds. The highest BCUT2D eigenvalue weighted by molar-refractivity contribution is 9.08. The first-order valence-corrected chi connectivity index (χ1v) is 6.13. The summed E-state index contributed by atoms with van der Waals surface area (Å²) in [7, 11) is 0. The van der Waals surface area contributed by atoms with E-state index >= 15 is 0 Å². The highest BCUT2D eigenvalue weighted by atomic mass is 79.9. The van der Waals surface area contributed by atoms with Gasteiger partial charge < -0.3 is 0 Å². The number of alkyl halides is 2. The van der Waals surface area contributed by atoms with Crippen LogP contribution in [0.15, 0.2) is 23.1 Å². The second-order valence-corrected chi connectivity index (χ2v) is 4.69. The molecule has 0 saturated heterocycles.